The summed E-state index contributed by atoms with van der Waals surface area (Å²) in [7, 11) is 0. The number of benzene rings is 1. The summed E-state index contributed by atoms with van der Waals surface area (Å²) in [6.45, 7) is 0. The number of hydrogen-bond donors (Lipinski definition) is 2. The van der Waals surface area contributed by atoms with Gasteiger partial charge in [0.2, 0.25) is 11.2 Å². The number of hydrogen-bond acceptors (Lipinski definition) is 5. The van der Waals surface area contributed by atoms with Crippen LogP contribution in [0, 0.1) is 0 Å². The molecule has 0 atom stereocenters. The van der Waals surface area contributed by atoms with Crippen molar-refractivity contribution in [1.82, 2.24) is 9.97 Å². The van der Waals surface area contributed by atoms with Crippen molar-refractivity contribution in [3.63, 3.8) is 0 Å². The maximum absolute atomic E-state index is 11.2. The second-order valence-electron chi connectivity index (χ2n) is 3.36. The van der Waals surface area contributed by atoms with E-state index in [9.17, 15) is 4.79 Å². The molecular weight excluding hydrogens is 256 g/mol. The topological polar surface area (TPSA) is 104 Å². The molecule has 0 fully saturated rings. The van der Waals surface area contributed by atoms with E-state index in [4.69, 9.17) is 27.8 Å². The highest BCUT2D eigenvalue weighted by molar-refractivity contribution is 6.28. The molecule has 0 aliphatic carbocycles. The summed E-state index contributed by atoms with van der Waals surface area (Å²) in [4.78, 5) is 18.7. The van der Waals surface area contributed by atoms with Crippen molar-refractivity contribution < 1.29 is 9.53 Å². The zero-order chi connectivity index (χ0) is 13.1. The highest BCUT2D eigenvalue weighted by Gasteiger charge is 2.12. The number of halogens is 1. The molecule has 92 valence electrons. The van der Waals surface area contributed by atoms with Gasteiger partial charge in [0.25, 0.3) is 5.91 Å². The van der Waals surface area contributed by atoms with Crippen molar-refractivity contribution in [3.05, 3.63) is 41.3 Å². The summed E-state index contributed by atoms with van der Waals surface area (Å²) in [6.07, 6.45) is 1.32. The number of carbonyl (C=O) groups is 1. The van der Waals surface area contributed by atoms with Crippen LogP contribution in [0.3, 0.4) is 0 Å². The third-order valence-corrected chi connectivity index (χ3v) is 2.29. The summed E-state index contributed by atoms with van der Waals surface area (Å²) in [5.74, 6) is -0.278. The van der Waals surface area contributed by atoms with Gasteiger partial charge in [0.05, 0.1) is 11.8 Å². The molecule has 0 bridgehead atoms. The summed E-state index contributed by atoms with van der Waals surface area (Å²) < 4.78 is 5.42. The quantitative estimate of drug-likeness (QED) is 0.820. The molecule has 2 aromatic rings. The SMILES string of the molecule is NC(=O)c1ccccc1Oc1nc(Cl)ncc1N. The number of carbonyl (C=O) groups excluding carboxylic acids is 1. The first-order valence-electron chi connectivity index (χ1n) is 4.92. The smallest absolute Gasteiger partial charge is 0.252 e. The first-order valence-corrected chi connectivity index (χ1v) is 5.30. The van der Waals surface area contributed by atoms with Crippen molar-refractivity contribution >= 4 is 23.2 Å². The third kappa shape index (κ3) is 2.49. The highest BCUT2D eigenvalue weighted by Crippen LogP contribution is 2.27. The van der Waals surface area contributed by atoms with Gasteiger partial charge in [0.15, 0.2) is 0 Å². The molecule has 1 aromatic heterocycles. The molecule has 0 saturated carbocycles. The zero-order valence-electron chi connectivity index (χ0n) is 9.13. The highest BCUT2D eigenvalue weighted by atomic mass is 35.5. The average molecular weight is 265 g/mol. The Hall–Kier alpha value is -2.34. The molecule has 1 amide bonds. The van der Waals surface area contributed by atoms with E-state index in [0.717, 1.165) is 0 Å². The Balaban J connectivity index is 2.40. The summed E-state index contributed by atoms with van der Waals surface area (Å²) in [6, 6.07) is 6.48. The van der Waals surface area contributed by atoms with Gasteiger partial charge in [-0.2, -0.15) is 4.98 Å². The molecule has 18 heavy (non-hydrogen) atoms. The molecule has 0 radical (unpaired) electrons. The Labute approximate surface area is 108 Å². The molecule has 1 heterocycles. The fourth-order valence-corrected chi connectivity index (χ4v) is 1.43. The van der Waals surface area contributed by atoms with Crippen LogP contribution in [0.2, 0.25) is 5.28 Å². The van der Waals surface area contributed by atoms with E-state index in [1.807, 2.05) is 0 Å². The van der Waals surface area contributed by atoms with Gasteiger partial charge in [-0.25, -0.2) is 4.98 Å². The average Bonchev–Trinajstić information content (AvgIpc) is 2.34. The summed E-state index contributed by atoms with van der Waals surface area (Å²) >= 11 is 5.64. The fraction of sp³-hybridized carbons (Fsp3) is 0. The summed E-state index contributed by atoms with van der Waals surface area (Å²) in [5, 5.41) is -0.00393. The molecule has 0 saturated heterocycles. The van der Waals surface area contributed by atoms with Gasteiger partial charge >= 0.3 is 0 Å². The van der Waals surface area contributed by atoms with Crippen molar-refractivity contribution in [3.8, 4) is 11.6 Å². The normalized spacial score (nSPS) is 10.1. The first-order chi connectivity index (χ1) is 8.58. The predicted molar refractivity (Wildman–Crippen MR) is 66.5 cm³/mol. The Kier molecular flexibility index (Phi) is 3.29. The molecule has 6 nitrogen and oxygen atoms in total. The van der Waals surface area contributed by atoms with Gasteiger partial charge in [0.1, 0.15) is 11.4 Å². The van der Waals surface area contributed by atoms with Crippen LogP contribution in [0.4, 0.5) is 5.69 Å². The number of para-hydroxylation sites is 1. The Morgan fingerprint density at radius 1 is 1.33 bits per heavy atom. The molecular formula is C11H9ClN4O2. The van der Waals surface area contributed by atoms with E-state index < -0.39 is 5.91 Å². The number of primary amides is 1. The monoisotopic (exact) mass is 264 g/mol. The number of rotatable bonds is 3. The van der Waals surface area contributed by atoms with E-state index in [1.54, 1.807) is 18.2 Å². The molecule has 7 heteroatoms. The van der Waals surface area contributed by atoms with E-state index in [-0.39, 0.29) is 28.2 Å². The van der Waals surface area contributed by atoms with Crippen molar-refractivity contribution in [1.29, 1.82) is 0 Å². The lowest BCUT2D eigenvalue weighted by Gasteiger charge is -2.09. The van der Waals surface area contributed by atoms with Crippen molar-refractivity contribution in [2.24, 2.45) is 5.73 Å². The number of amides is 1. The van der Waals surface area contributed by atoms with Crippen LogP contribution in [0.1, 0.15) is 10.4 Å². The lowest BCUT2D eigenvalue weighted by atomic mass is 10.2. The molecule has 1 aromatic carbocycles. The third-order valence-electron chi connectivity index (χ3n) is 2.11. The minimum Gasteiger partial charge on any atom is -0.436 e. The minimum atomic E-state index is -0.607. The lowest BCUT2D eigenvalue weighted by molar-refractivity contribution is 0.0998. The molecule has 0 aliphatic rings. The van der Waals surface area contributed by atoms with Crippen LogP contribution >= 0.6 is 11.6 Å². The Morgan fingerprint density at radius 3 is 2.78 bits per heavy atom. The molecule has 0 unspecified atom stereocenters. The van der Waals surface area contributed by atoms with Gasteiger partial charge in [-0.15, -0.1) is 0 Å². The minimum absolute atomic E-state index is 0.00393. The fourth-order valence-electron chi connectivity index (χ4n) is 1.30. The number of nitrogens with two attached hydrogens (primary N) is 2. The van der Waals surface area contributed by atoms with Gasteiger partial charge in [-0.3, -0.25) is 4.79 Å². The first kappa shape index (κ1) is 12.1. The van der Waals surface area contributed by atoms with E-state index in [0.29, 0.717) is 0 Å². The van der Waals surface area contributed by atoms with E-state index in [1.165, 1.54) is 12.3 Å². The standard InChI is InChI=1S/C11H9ClN4O2/c12-11-15-5-7(13)10(16-11)18-8-4-2-1-3-6(8)9(14)17/h1-5H,13H2,(H2,14,17). The van der Waals surface area contributed by atoms with Crippen LogP contribution in [-0.4, -0.2) is 15.9 Å². The molecule has 0 spiro atoms. The molecule has 4 N–H and O–H groups in total. The Bertz CT molecular complexity index is 603. The van der Waals surface area contributed by atoms with Crippen LogP contribution in [0.25, 0.3) is 0 Å². The van der Waals surface area contributed by atoms with E-state index in [2.05, 4.69) is 9.97 Å². The number of nitrogens with zero attached hydrogens (tertiary/aromatic N) is 2. The van der Waals surface area contributed by atoms with Gasteiger partial charge in [-0.05, 0) is 23.7 Å². The second-order valence-corrected chi connectivity index (χ2v) is 3.70. The van der Waals surface area contributed by atoms with Gasteiger partial charge in [0, 0.05) is 0 Å². The summed E-state index contributed by atoms with van der Waals surface area (Å²) in [5.41, 5.74) is 11.3. The number of aromatic nitrogens is 2. The van der Waals surface area contributed by atoms with Crippen molar-refractivity contribution in [2.45, 2.75) is 0 Å². The van der Waals surface area contributed by atoms with E-state index >= 15 is 0 Å². The van der Waals surface area contributed by atoms with Crippen LogP contribution < -0.4 is 16.2 Å². The maximum Gasteiger partial charge on any atom is 0.252 e. The number of ether oxygens (including phenoxy) is 1. The predicted octanol–water partition coefficient (Wildman–Crippen LogP) is 1.60. The van der Waals surface area contributed by atoms with Crippen molar-refractivity contribution in [2.75, 3.05) is 5.73 Å². The van der Waals surface area contributed by atoms with Crippen LogP contribution in [0.5, 0.6) is 11.6 Å². The van der Waals surface area contributed by atoms with Crippen LogP contribution in [0.15, 0.2) is 30.5 Å². The Morgan fingerprint density at radius 2 is 2.06 bits per heavy atom. The van der Waals surface area contributed by atoms with Crippen LogP contribution in [-0.2, 0) is 0 Å². The number of anilines is 1. The zero-order valence-corrected chi connectivity index (χ0v) is 9.89. The molecule has 0 aliphatic heterocycles. The lowest BCUT2D eigenvalue weighted by Crippen LogP contribution is -2.12. The van der Waals surface area contributed by atoms with Gasteiger partial charge < -0.3 is 16.2 Å². The second kappa shape index (κ2) is 4.89. The largest absolute Gasteiger partial charge is 0.436 e. The number of nitrogen functional groups attached to an aromatic ring is 1. The maximum atomic E-state index is 11.2. The van der Waals surface area contributed by atoms with Gasteiger partial charge in [-0.1, -0.05) is 12.1 Å². The molecule has 2 rings (SSSR count).